The van der Waals surface area contributed by atoms with Gasteiger partial charge in [0.2, 0.25) is 5.91 Å². The number of carbonyl (C=O) groups is 1. The van der Waals surface area contributed by atoms with Crippen LogP contribution in [0.5, 0.6) is 5.75 Å². The van der Waals surface area contributed by atoms with E-state index in [0.717, 1.165) is 17.0 Å². The molecule has 0 unspecified atom stereocenters. The van der Waals surface area contributed by atoms with Crippen molar-refractivity contribution in [3.63, 3.8) is 0 Å². The van der Waals surface area contributed by atoms with Gasteiger partial charge in [-0.3, -0.25) is 4.79 Å². The van der Waals surface area contributed by atoms with Crippen LogP contribution in [0.3, 0.4) is 0 Å². The molecule has 0 aliphatic rings. The maximum atomic E-state index is 11.7. The van der Waals surface area contributed by atoms with E-state index in [1.165, 1.54) is 0 Å². The van der Waals surface area contributed by atoms with Gasteiger partial charge in [0.25, 0.3) is 0 Å². The zero-order chi connectivity index (χ0) is 16.3. The van der Waals surface area contributed by atoms with Crippen LogP contribution in [0.1, 0.15) is 5.56 Å². The van der Waals surface area contributed by atoms with E-state index in [1.807, 2.05) is 54.6 Å². The molecular formula is C18H22N2O3. The fraction of sp³-hybridized carbons (Fsp3) is 0.278. The third-order valence-corrected chi connectivity index (χ3v) is 3.15. The Labute approximate surface area is 136 Å². The average Bonchev–Trinajstić information content (AvgIpc) is 2.59. The van der Waals surface area contributed by atoms with Crippen molar-refractivity contribution in [2.24, 2.45) is 0 Å². The maximum Gasteiger partial charge on any atom is 0.238 e. The third kappa shape index (κ3) is 6.50. The van der Waals surface area contributed by atoms with Crippen molar-refractivity contribution in [3.05, 3.63) is 60.2 Å². The SMILES string of the molecule is COCCNCC(=O)Nc1ccc(OCc2ccccc2)cc1. The summed E-state index contributed by atoms with van der Waals surface area (Å²) in [6.07, 6.45) is 0. The number of ether oxygens (including phenoxy) is 2. The van der Waals surface area contributed by atoms with Crippen LogP contribution < -0.4 is 15.4 Å². The fourth-order valence-electron chi connectivity index (χ4n) is 1.96. The van der Waals surface area contributed by atoms with Gasteiger partial charge in [-0.1, -0.05) is 30.3 Å². The van der Waals surface area contributed by atoms with Crippen LogP contribution in [0, 0.1) is 0 Å². The summed E-state index contributed by atoms with van der Waals surface area (Å²) in [4.78, 5) is 11.7. The number of hydrogen-bond acceptors (Lipinski definition) is 4. The molecule has 0 spiro atoms. The van der Waals surface area contributed by atoms with Gasteiger partial charge >= 0.3 is 0 Å². The number of benzene rings is 2. The molecule has 0 saturated heterocycles. The molecule has 0 aliphatic heterocycles. The Bertz CT molecular complexity index is 585. The number of carbonyl (C=O) groups excluding carboxylic acids is 1. The highest BCUT2D eigenvalue weighted by Gasteiger charge is 2.02. The Balaban J connectivity index is 1.74. The van der Waals surface area contributed by atoms with Crippen LogP contribution in [0.2, 0.25) is 0 Å². The highest BCUT2D eigenvalue weighted by molar-refractivity contribution is 5.92. The number of anilines is 1. The van der Waals surface area contributed by atoms with E-state index in [9.17, 15) is 4.79 Å². The lowest BCUT2D eigenvalue weighted by Gasteiger charge is -2.09. The van der Waals surface area contributed by atoms with Gasteiger partial charge in [0.05, 0.1) is 13.2 Å². The number of amides is 1. The first-order chi connectivity index (χ1) is 11.3. The highest BCUT2D eigenvalue weighted by Crippen LogP contribution is 2.17. The summed E-state index contributed by atoms with van der Waals surface area (Å²) in [6, 6.07) is 17.3. The Morgan fingerprint density at radius 1 is 1.04 bits per heavy atom. The second-order valence-electron chi connectivity index (χ2n) is 5.02. The first-order valence-corrected chi connectivity index (χ1v) is 7.54. The van der Waals surface area contributed by atoms with Gasteiger partial charge < -0.3 is 20.1 Å². The smallest absolute Gasteiger partial charge is 0.238 e. The molecule has 0 bridgehead atoms. The minimum atomic E-state index is -0.0842. The molecule has 0 heterocycles. The monoisotopic (exact) mass is 314 g/mol. The van der Waals surface area contributed by atoms with Crippen LogP contribution in [0.15, 0.2) is 54.6 Å². The molecule has 1 amide bonds. The van der Waals surface area contributed by atoms with Gasteiger partial charge in [-0.25, -0.2) is 0 Å². The average molecular weight is 314 g/mol. The first kappa shape index (κ1) is 17.0. The molecule has 122 valence electrons. The number of methoxy groups -OCH3 is 1. The van der Waals surface area contributed by atoms with Gasteiger partial charge in [0.1, 0.15) is 12.4 Å². The second kappa shape index (κ2) is 9.61. The van der Waals surface area contributed by atoms with Crippen molar-refractivity contribution in [3.8, 4) is 5.75 Å². The Morgan fingerprint density at radius 2 is 1.78 bits per heavy atom. The summed E-state index contributed by atoms with van der Waals surface area (Å²) in [5.74, 6) is 0.684. The molecule has 0 fully saturated rings. The summed E-state index contributed by atoms with van der Waals surface area (Å²) in [5, 5.41) is 5.82. The molecule has 0 aliphatic carbocycles. The Morgan fingerprint density at radius 3 is 2.48 bits per heavy atom. The zero-order valence-electron chi connectivity index (χ0n) is 13.2. The van der Waals surface area contributed by atoms with E-state index in [4.69, 9.17) is 9.47 Å². The largest absolute Gasteiger partial charge is 0.489 e. The van der Waals surface area contributed by atoms with Gasteiger partial charge in [0.15, 0.2) is 0 Å². The van der Waals surface area contributed by atoms with Crippen LogP contribution >= 0.6 is 0 Å². The standard InChI is InChI=1S/C18H22N2O3/c1-22-12-11-19-13-18(21)20-16-7-9-17(10-8-16)23-14-15-5-3-2-4-6-15/h2-10,19H,11-14H2,1H3,(H,20,21). The molecular weight excluding hydrogens is 292 g/mol. The molecule has 0 radical (unpaired) electrons. The minimum absolute atomic E-state index is 0.0842. The van der Waals surface area contributed by atoms with Crippen molar-refractivity contribution in [2.45, 2.75) is 6.61 Å². The zero-order valence-corrected chi connectivity index (χ0v) is 13.2. The number of hydrogen-bond donors (Lipinski definition) is 2. The van der Waals surface area contributed by atoms with Crippen LogP contribution in [0.4, 0.5) is 5.69 Å². The third-order valence-electron chi connectivity index (χ3n) is 3.15. The topological polar surface area (TPSA) is 59.6 Å². The molecule has 0 atom stereocenters. The Kier molecular flexibility index (Phi) is 7.10. The lowest BCUT2D eigenvalue weighted by molar-refractivity contribution is -0.115. The van der Waals surface area contributed by atoms with E-state index in [2.05, 4.69) is 10.6 Å². The van der Waals surface area contributed by atoms with E-state index >= 15 is 0 Å². The summed E-state index contributed by atoms with van der Waals surface area (Å²) in [5.41, 5.74) is 1.86. The van der Waals surface area contributed by atoms with Crippen LogP contribution in [-0.4, -0.2) is 32.7 Å². The van der Waals surface area contributed by atoms with E-state index < -0.39 is 0 Å². The molecule has 2 aromatic carbocycles. The quantitative estimate of drug-likeness (QED) is 0.698. The van der Waals surface area contributed by atoms with Crippen molar-refractivity contribution < 1.29 is 14.3 Å². The number of rotatable bonds is 9. The van der Waals surface area contributed by atoms with Crippen LogP contribution in [0.25, 0.3) is 0 Å². The molecule has 0 saturated carbocycles. The normalized spacial score (nSPS) is 10.3. The molecule has 2 rings (SSSR count). The molecule has 23 heavy (non-hydrogen) atoms. The van der Waals surface area contributed by atoms with Crippen LogP contribution in [-0.2, 0) is 16.1 Å². The van der Waals surface area contributed by atoms with E-state index in [0.29, 0.717) is 19.8 Å². The van der Waals surface area contributed by atoms with Gasteiger partial charge in [-0.05, 0) is 29.8 Å². The predicted molar refractivity (Wildman–Crippen MR) is 90.6 cm³/mol. The van der Waals surface area contributed by atoms with Gasteiger partial charge in [0, 0.05) is 19.3 Å². The van der Waals surface area contributed by atoms with E-state index in [-0.39, 0.29) is 12.5 Å². The number of nitrogens with one attached hydrogen (secondary N) is 2. The Hall–Kier alpha value is -2.37. The van der Waals surface area contributed by atoms with Crippen molar-refractivity contribution in [1.29, 1.82) is 0 Å². The lowest BCUT2D eigenvalue weighted by Crippen LogP contribution is -2.30. The summed E-state index contributed by atoms with van der Waals surface area (Å²) in [7, 11) is 1.63. The van der Waals surface area contributed by atoms with Crippen molar-refractivity contribution in [2.75, 3.05) is 32.1 Å². The molecule has 2 aromatic rings. The molecule has 5 nitrogen and oxygen atoms in total. The molecule has 5 heteroatoms. The second-order valence-corrected chi connectivity index (χ2v) is 5.02. The summed E-state index contributed by atoms with van der Waals surface area (Å²) < 4.78 is 10.6. The van der Waals surface area contributed by atoms with Crippen molar-refractivity contribution >= 4 is 11.6 Å². The summed E-state index contributed by atoms with van der Waals surface area (Å²) in [6.45, 7) is 2.02. The van der Waals surface area contributed by atoms with Gasteiger partial charge in [-0.2, -0.15) is 0 Å². The minimum Gasteiger partial charge on any atom is -0.489 e. The van der Waals surface area contributed by atoms with Gasteiger partial charge in [-0.15, -0.1) is 0 Å². The maximum absolute atomic E-state index is 11.7. The fourth-order valence-corrected chi connectivity index (χ4v) is 1.96. The van der Waals surface area contributed by atoms with Crippen molar-refractivity contribution in [1.82, 2.24) is 5.32 Å². The first-order valence-electron chi connectivity index (χ1n) is 7.54. The highest BCUT2D eigenvalue weighted by atomic mass is 16.5. The molecule has 0 aromatic heterocycles. The predicted octanol–water partition coefficient (Wildman–Crippen LogP) is 2.44. The molecule has 2 N–H and O–H groups in total. The summed E-state index contributed by atoms with van der Waals surface area (Å²) >= 11 is 0. The lowest BCUT2D eigenvalue weighted by atomic mass is 10.2. The van der Waals surface area contributed by atoms with E-state index in [1.54, 1.807) is 7.11 Å².